The van der Waals surface area contributed by atoms with Crippen LogP contribution in [0.4, 0.5) is 5.69 Å². The molecule has 172 valence electrons. The van der Waals surface area contributed by atoms with Gasteiger partial charge in [-0.1, -0.05) is 66.7 Å². The minimum Gasteiger partial charge on any atom is -0.356 e. The highest BCUT2D eigenvalue weighted by Gasteiger charge is 2.45. The summed E-state index contributed by atoms with van der Waals surface area (Å²) in [6.07, 6.45) is 0.528. The van der Waals surface area contributed by atoms with Crippen LogP contribution in [0.25, 0.3) is 0 Å². The van der Waals surface area contributed by atoms with E-state index >= 15 is 0 Å². The van der Waals surface area contributed by atoms with Gasteiger partial charge in [0.05, 0.1) is 12.1 Å². The van der Waals surface area contributed by atoms with Crippen LogP contribution in [-0.4, -0.2) is 40.4 Å². The van der Waals surface area contributed by atoms with Gasteiger partial charge in [0.1, 0.15) is 6.04 Å². The first-order valence-electron chi connectivity index (χ1n) is 10.9. The molecule has 0 bridgehead atoms. The number of anilines is 1. The molecule has 0 saturated carbocycles. The van der Waals surface area contributed by atoms with Crippen molar-refractivity contribution in [3.8, 4) is 0 Å². The molecule has 0 aliphatic carbocycles. The molecule has 1 saturated heterocycles. The van der Waals surface area contributed by atoms with Crippen LogP contribution in [0.5, 0.6) is 0 Å². The molecule has 7 nitrogen and oxygen atoms in total. The van der Waals surface area contributed by atoms with Crippen LogP contribution in [0, 0.1) is 0 Å². The summed E-state index contributed by atoms with van der Waals surface area (Å²) < 4.78 is 0. The van der Waals surface area contributed by atoms with E-state index in [1.807, 2.05) is 36.4 Å². The zero-order valence-electron chi connectivity index (χ0n) is 18.4. The van der Waals surface area contributed by atoms with Crippen LogP contribution in [0.2, 0.25) is 0 Å². The van der Waals surface area contributed by atoms with Gasteiger partial charge in [-0.15, -0.1) is 0 Å². The molecule has 3 amide bonds. The van der Waals surface area contributed by atoms with E-state index in [1.54, 1.807) is 54.6 Å². The van der Waals surface area contributed by atoms with E-state index < -0.39 is 11.9 Å². The summed E-state index contributed by atoms with van der Waals surface area (Å²) in [5, 5.41) is 4.29. The number of nitrogens with one attached hydrogen (secondary N) is 2. The predicted molar refractivity (Wildman–Crippen MR) is 134 cm³/mol. The van der Waals surface area contributed by atoms with Crippen molar-refractivity contribution in [1.29, 1.82) is 0 Å². The number of hydrogen-bond acceptors (Lipinski definition) is 4. The van der Waals surface area contributed by atoms with E-state index in [1.165, 1.54) is 9.91 Å². The predicted octanol–water partition coefficient (Wildman–Crippen LogP) is 3.08. The molecule has 2 N–H and O–H groups in total. The van der Waals surface area contributed by atoms with Crippen molar-refractivity contribution in [2.45, 2.75) is 18.9 Å². The van der Waals surface area contributed by atoms with Crippen molar-refractivity contribution in [3.05, 3.63) is 102 Å². The average molecular weight is 473 g/mol. The van der Waals surface area contributed by atoms with Crippen LogP contribution in [0.1, 0.15) is 22.3 Å². The lowest BCUT2D eigenvalue weighted by molar-refractivity contribution is -0.127. The maximum Gasteiger partial charge on any atom is 0.269 e. The zero-order chi connectivity index (χ0) is 23.9. The van der Waals surface area contributed by atoms with Gasteiger partial charge < -0.3 is 5.32 Å². The Bertz CT molecular complexity index is 1170. The summed E-state index contributed by atoms with van der Waals surface area (Å²) in [7, 11) is 0. The lowest BCUT2D eigenvalue weighted by atomic mass is 10.1. The SMILES string of the molecule is O=C(CC1C(=O)N(c2ccccc2)C(=S)N1NC(=O)c1ccccc1)NCCc1ccccc1. The fraction of sp³-hybridized carbons (Fsp3) is 0.154. The third-order valence-corrected chi connectivity index (χ3v) is 5.82. The molecule has 0 aromatic heterocycles. The van der Waals surface area contributed by atoms with Crippen molar-refractivity contribution in [1.82, 2.24) is 15.8 Å². The summed E-state index contributed by atoms with van der Waals surface area (Å²) in [6.45, 7) is 0.437. The van der Waals surface area contributed by atoms with Crippen LogP contribution < -0.4 is 15.6 Å². The average Bonchev–Trinajstić information content (AvgIpc) is 3.09. The third kappa shape index (κ3) is 5.29. The van der Waals surface area contributed by atoms with Gasteiger partial charge >= 0.3 is 0 Å². The molecule has 3 aromatic rings. The van der Waals surface area contributed by atoms with Gasteiger partial charge in [0, 0.05) is 12.1 Å². The molecule has 1 heterocycles. The zero-order valence-corrected chi connectivity index (χ0v) is 19.2. The van der Waals surface area contributed by atoms with E-state index in [-0.39, 0.29) is 23.3 Å². The van der Waals surface area contributed by atoms with Gasteiger partial charge in [-0.2, -0.15) is 0 Å². The molecule has 1 aliphatic rings. The Morgan fingerprint density at radius 1 is 0.853 bits per heavy atom. The number of para-hydroxylation sites is 1. The lowest BCUT2D eigenvalue weighted by Crippen LogP contribution is -2.50. The van der Waals surface area contributed by atoms with Crippen molar-refractivity contribution < 1.29 is 14.4 Å². The fourth-order valence-corrected chi connectivity index (χ4v) is 4.08. The first-order chi connectivity index (χ1) is 16.5. The van der Waals surface area contributed by atoms with Crippen LogP contribution in [0.3, 0.4) is 0 Å². The number of nitrogens with zero attached hydrogens (tertiary/aromatic N) is 2. The summed E-state index contributed by atoms with van der Waals surface area (Å²) >= 11 is 5.56. The minimum absolute atomic E-state index is 0.113. The van der Waals surface area contributed by atoms with Crippen molar-refractivity contribution in [2.75, 3.05) is 11.4 Å². The van der Waals surface area contributed by atoms with Crippen molar-refractivity contribution >= 4 is 40.7 Å². The van der Waals surface area contributed by atoms with Crippen molar-refractivity contribution in [2.24, 2.45) is 0 Å². The molecule has 8 heteroatoms. The molecule has 34 heavy (non-hydrogen) atoms. The van der Waals surface area contributed by atoms with E-state index in [0.717, 1.165) is 5.56 Å². The molecule has 4 rings (SSSR count). The summed E-state index contributed by atoms with van der Waals surface area (Å²) in [6, 6.07) is 26.4. The highest BCUT2D eigenvalue weighted by Crippen LogP contribution is 2.26. The molecule has 0 radical (unpaired) electrons. The van der Waals surface area contributed by atoms with Gasteiger partial charge in [0.25, 0.3) is 11.8 Å². The number of amides is 3. The number of hydrogen-bond donors (Lipinski definition) is 2. The Morgan fingerprint density at radius 2 is 1.44 bits per heavy atom. The molecule has 1 fully saturated rings. The lowest BCUT2D eigenvalue weighted by Gasteiger charge is -2.24. The van der Waals surface area contributed by atoms with Gasteiger partial charge in [0.2, 0.25) is 11.0 Å². The smallest absolute Gasteiger partial charge is 0.269 e. The topological polar surface area (TPSA) is 81.8 Å². The molecule has 0 spiro atoms. The second kappa shape index (κ2) is 10.7. The molecular weight excluding hydrogens is 448 g/mol. The third-order valence-electron chi connectivity index (χ3n) is 5.44. The first kappa shape index (κ1) is 23.1. The van der Waals surface area contributed by atoms with Crippen LogP contribution >= 0.6 is 12.2 Å². The number of benzene rings is 3. The Labute approximate surface area is 203 Å². The summed E-state index contributed by atoms with van der Waals surface area (Å²) in [4.78, 5) is 40.2. The monoisotopic (exact) mass is 472 g/mol. The Kier molecular flexibility index (Phi) is 7.29. The Balaban J connectivity index is 1.49. The molecular formula is C26H24N4O3S. The molecule has 3 aromatic carbocycles. The summed E-state index contributed by atoms with van der Waals surface area (Å²) in [5.74, 6) is -1.09. The van der Waals surface area contributed by atoms with Crippen LogP contribution in [-0.2, 0) is 16.0 Å². The number of carbonyl (C=O) groups is 3. The first-order valence-corrected chi connectivity index (χ1v) is 11.3. The Hall–Kier alpha value is -4.04. The second-order valence-corrected chi connectivity index (χ2v) is 8.14. The van der Waals surface area contributed by atoms with Crippen molar-refractivity contribution in [3.63, 3.8) is 0 Å². The molecule has 1 unspecified atom stereocenters. The van der Waals surface area contributed by atoms with E-state index in [4.69, 9.17) is 12.2 Å². The van der Waals surface area contributed by atoms with E-state index in [2.05, 4.69) is 10.7 Å². The largest absolute Gasteiger partial charge is 0.356 e. The van der Waals surface area contributed by atoms with E-state index in [0.29, 0.717) is 24.2 Å². The number of hydrazine groups is 1. The number of rotatable bonds is 8. The minimum atomic E-state index is -0.961. The highest BCUT2D eigenvalue weighted by atomic mass is 32.1. The highest BCUT2D eigenvalue weighted by molar-refractivity contribution is 7.80. The van der Waals surface area contributed by atoms with Gasteiger partial charge in [-0.25, -0.2) is 5.01 Å². The maximum atomic E-state index is 13.3. The fourth-order valence-electron chi connectivity index (χ4n) is 3.72. The number of carbonyl (C=O) groups excluding carboxylic acids is 3. The maximum absolute atomic E-state index is 13.3. The van der Waals surface area contributed by atoms with Gasteiger partial charge in [0.15, 0.2) is 0 Å². The van der Waals surface area contributed by atoms with Gasteiger partial charge in [-0.3, -0.25) is 24.7 Å². The standard InChI is InChI=1S/C26H24N4O3S/c31-23(27-17-16-19-10-4-1-5-11-19)18-22-25(33)29(21-14-8-3-9-15-21)26(34)30(22)28-24(32)20-12-6-2-7-13-20/h1-15,22H,16-18H2,(H,27,31)(H,28,32). The van der Waals surface area contributed by atoms with E-state index in [9.17, 15) is 14.4 Å². The van der Waals surface area contributed by atoms with Gasteiger partial charge in [-0.05, 0) is 48.5 Å². The van der Waals surface area contributed by atoms with Crippen LogP contribution in [0.15, 0.2) is 91.0 Å². The Morgan fingerprint density at radius 3 is 2.09 bits per heavy atom. The summed E-state index contributed by atoms with van der Waals surface area (Å²) in [5.41, 5.74) is 4.82. The second-order valence-electron chi connectivity index (χ2n) is 7.77. The number of thiocarbonyl (C=S) groups is 1. The normalized spacial score (nSPS) is 15.4. The molecule has 1 aliphatic heterocycles. The quantitative estimate of drug-likeness (QED) is 0.493. The molecule has 1 atom stereocenters.